The van der Waals surface area contributed by atoms with Crippen LogP contribution in [-0.4, -0.2) is 29.9 Å². The number of nitrogens with zero attached hydrogens (tertiary/aromatic N) is 1. The molecular formula is C16H21F3N2O. The molecule has 3 nitrogen and oxygen atoms in total. The summed E-state index contributed by atoms with van der Waals surface area (Å²) in [5.41, 5.74) is 5.93. The third kappa shape index (κ3) is 4.22. The molecule has 0 aliphatic carbocycles. The molecule has 2 N–H and O–H groups in total. The van der Waals surface area contributed by atoms with Crippen molar-refractivity contribution in [2.75, 3.05) is 13.1 Å². The standard InChI is InChI=1S/C16H21F3N2O/c1-11(15(22)21-8-2-3-14(20)10-21)9-12-4-6-13(7-5-12)16(17,18)19/h4-7,11,14H,2-3,8-10,20H2,1H3. The second-order valence-electron chi connectivity index (χ2n) is 5.99. The van der Waals surface area contributed by atoms with Crippen LogP contribution in [0.3, 0.4) is 0 Å². The molecule has 2 rings (SSSR count). The number of nitrogens with two attached hydrogens (primary N) is 1. The van der Waals surface area contributed by atoms with E-state index in [1.54, 1.807) is 11.8 Å². The highest BCUT2D eigenvalue weighted by Gasteiger charge is 2.30. The average Bonchev–Trinajstić information content (AvgIpc) is 2.46. The van der Waals surface area contributed by atoms with Crippen LogP contribution >= 0.6 is 0 Å². The molecule has 1 aliphatic heterocycles. The zero-order valence-corrected chi connectivity index (χ0v) is 12.6. The summed E-state index contributed by atoms with van der Waals surface area (Å²) in [4.78, 5) is 14.1. The number of hydrogen-bond acceptors (Lipinski definition) is 2. The van der Waals surface area contributed by atoms with E-state index in [1.165, 1.54) is 12.1 Å². The van der Waals surface area contributed by atoms with Gasteiger partial charge in [-0.25, -0.2) is 0 Å². The maximum atomic E-state index is 12.5. The minimum atomic E-state index is -4.33. The summed E-state index contributed by atoms with van der Waals surface area (Å²) in [5, 5.41) is 0. The van der Waals surface area contributed by atoms with Gasteiger partial charge in [-0.2, -0.15) is 13.2 Å². The molecule has 1 fully saturated rings. The Bertz CT molecular complexity index is 513. The summed E-state index contributed by atoms with van der Waals surface area (Å²) >= 11 is 0. The van der Waals surface area contributed by atoms with Crippen LogP contribution in [0.15, 0.2) is 24.3 Å². The number of benzene rings is 1. The van der Waals surface area contributed by atoms with E-state index >= 15 is 0 Å². The number of hydrogen-bond donors (Lipinski definition) is 1. The lowest BCUT2D eigenvalue weighted by atomic mass is 9.97. The number of halogens is 3. The molecule has 0 aromatic heterocycles. The Kier molecular flexibility index (Phi) is 5.11. The minimum absolute atomic E-state index is 0.0232. The average molecular weight is 314 g/mol. The first-order chi connectivity index (χ1) is 10.3. The number of piperidine rings is 1. The van der Waals surface area contributed by atoms with Gasteiger partial charge in [0, 0.05) is 25.0 Å². The van der Waals surface area contributed by atoms with Crippen molar-refractivity contribution in [1.29, 1.82) is 0 Å². The van der Waals surface area contributed by atoms with Gasteiger partial charge in [0.15, 0.2) is 0 Å². The number of amides is 1. The fourth-order valence-corrected chi connectivity index (χ4v) is 2.79. The Morgan fingerprint density at radius 1 is 1.36 bits per heavy atom. The molecule has 22 heavy (non-hydrogen) atoms. The van der Waals surface area contributed by atoms with Gasteiger partial charge in [0.05, 0.1) is 5.56 Å². The van der Waals surface area contributed by atoms with Crippen LogP contribution in [0.4, 0.5) is 13.2 Å². The zero-order valence-electron chi connectivity index (χ0n) is 12.6. The van der Waals surface area contributed by atoms with Crippen LogP contribution < -0.4 is 5.73 Å². The van der Waals surface area contributed by atoms with E-state index in [9.17, 15) is 18.0 Å². The Hall–Kier alpha value is -1.56. The first-order valence-electron chi connectivity index (χ1n) is 7.48. The summed E-state index contributed by atoms with van der Waals surface area (Å²) < 4.78 is 37.6. The number of likely N-dealkylation sites (tertiary alicyclic amines) is 1. The molecule has 122 valence electrons. The summed E-state index contributed by atoms with van der Waals surface area (Å²) in [7, 11) is 0. The molecular weight excluding hydrogens is 293 g/mol. The third-order valence-corrected chi connectivity index (χ3v) is 4.01. The normalized spacial score (nSPS) is 20.8. The van der Waals surface area contributed by atoms with Crippen LogP contribution in [-0.2, 0) is 17.4 Å². The predicted molar refractivity (Wildman–Crippen MR) is 78.1 cm³/mol. The number of alkyl halides is 3. The second kappa shape index (κ2) is 6.69. The van der Waals surface area contributed by atoms with Crippen molar-refractivity contribution in [3.8, 4) is 0 Å². The first kappa shape index (κ1) is 16.8. The summed E-state index contributed by atoms with van der Waals surface area (Å²) in [5.74, 6) is -0.239. The Morgan fingerprint density at radius 3 is 2.55 bits per heavy atom. The van der Waals surface area contributed by atoms with Gasteiger partial charge >= 0.3 is 6.18 Å². The van der Waals surface area contributed by atoms with Gasteiger partial charge in [-0.15, -0.1) is 0 Å². The van der Waals surface area contributed by atoms with Crippen LogP contribution in [0, 0.1) is 5.92 Å². The molecule has 0 spiro atoms. The molecule has 2 unspecified atom stereocenters. The van der Waals surface area contributed by atoms with Crippen LogP contribution in [0.5, 0.6) is 0 Å². The van der Waals surface area contributed by atoms with Crippen molar-refractivity contribution >= 4 is 5.91 Å². The van der Waals surface area contributed by atoms with Gasteiger partial charge in [0.1, 0.15) is 0 Å². The maximum Gasteiger partial charge on any atom is 0.416 e. The van der Waals surface area contributed by atoms with E-state index in [1.807, 2.05) is 0 Å². The maximum absolute atomic E-state index is 12.5. The molecule has 0 saturated carbocycles. The molecule has 0 bridgehead atoms. The van der Waals surface area contributed by atoms with Crippen molar-refractivity contribution in [3.05, 3.63) is 35.4 Å². The van der Waals surface area contributed by atoms with Crippen molar-refractivity contribution in [3.63, 3.8) is 0 Å². The van der Waals surface area contributed by atoms with Gasteiger partial charge in [-0.1, -0.05) is 19.1 Å². The fourth-order valence-electron chi connectivity index (χ4n) is 2.79. The Morgan fingerprint density at radius 2 is 2.00 bits per heavy atom. The summed E-state index contributed by atoms with van der Waals surface area (Å²) in [6.07, 6.45) is -2.07. The molecule has 1 aromatic carbocycles. The van der Waals surface area contributed by atoms with Crippen molar-refractivity contribution in [1.82, 2.24) is 4.90 Å². The molecule has 1 amide bonds. The molecule has 1 heterocycles. The van der Waals surface area contributed by atoms with Gasteiger partial charge in [0.25, 0.3) is 0 Å². The van der Waals surface area contributed by atoms with E-state index < -0.39 is 11.7 Å². The number of rotatable bonds is 3. The molecule has 1 aliphatic rings. The lowest BCUT2D eigenvalue weighted by Crippen LogP contribution is -2.47. The molecule has 6 heteroatoms. The number of carbonyl (C=O) groups is 1. The van der Waals surface area contributed by atoms with Crippen molar-refractivity contribution < 1.29 is 18.0 Å². The summed E-state index contributed by atoms with van der Waals surface area (Å²) in [6.45, 7) is 3.08. The molecule has 1 saturated heterocycles. The van der Waals surface area contributed by atoms with Crippen LogP contribution in [0.25, 0.3) is 0 Å². The smallest absolute Gasteiger partial charge is 0.341 e. The van der Waals surface area contributed by atoms with Gasteiger partial charge < -0.3 is 10.6 Å². The monoisotopic (exact) mass is 314 g/mol. The highest BCUT2D eigenvalue weighted by Crippen LogP contribution is 2.29. The number of carbonyl (C=O) groups excluding carboxylic acids is 1. The predicted octanol–water partition coefficient (Wildman–Crippen LogP) is 2.83. The van der Waals surface area contributed by atoms with Gasteiger partial charge in [-0.05, 0) is 37.0 Å². The van der Waals surface area contributed by atoms with E-state index in [-0.39, 0.29) is 17.9 Å². The van der Waals surface area contributed by atoms with Gasteiger partial charge in [-0.3, -0.25) is 4.79 Å². The molecule has 2 atom stereocenters. The first-order valence-corrected chi connectivity index (χ1v) is 7.48. The quantitative estimate of drug-likeness (QED) is 0.932. The van der Waals surface area contributed by atoms with E-state index in [0.29, 0.717) is 19.5 Å². The molecule has 0 radical (unpaired) electrons. The van der Waals surface area contributed by atoms with Crippen molar-refractivity contribution in [2.45, 2.75) is 38.4 Å². The molecule has 1 aromatic rings. The highest BCUT2D eigenvalue weighted by molar-refractivity contribution is 5.79. The zero-order chi connectivity index (χ0) is 16.3. The van der Waals surface area contributed by atoms with E-state index in [0.717, 1.165) is 30.5 Å². The van der Waals surface area contributed by atoms with Crippen LogP contribution in [0.2, 0.25) is 0 Å². The fraction of sp³-hybridized carbons (Fsp3) is 0.562. The topological polar surface area (TPSA) is 46.3 Å². The SMILES string of the molecule is CC(Cc1ccc(C(F)(F)F)cc1)C(=O)N1CCCC(N)C1. The third-order valence-electron chi connectivity index (χ3n) is 4.01. The lowest BCUT2D eigenvalue weighted by molar-refractivity contribution is -0.138. The van der Waals surface area contributed by atoms with Gasteiger partial charge in [0.2, 0.25) is 5.91 Å². The largest absolute Gasteiger partial charge is 0.416 e. The van der Waals surface area contributed by atoms with E-state index in [2.05, 4.69) is 0 Å². The lowest BCUT2D eigenvalue weighted by Gasteiger charge is -2.32. The Balaban J connectivity index is 1.96. The highest BCUT2D eigenvalue weighted by atomic mass is 19.4. The van der Waals surface area contributed by atoms with Crippen LogP contribution in [0.1, 0.15) is 30.9 Å². The summed E-state index contributed by atoms with van der Waals surface area (Å²) in [6, 6.07) is 5.02. The van der Waals surface area contributed by atoms with E-state index in [4.69, 9.17) is 5.73 Å². The second-order valence-corrected chi connectivity index (χ2v) is 5.99. The van der Waals surface area contributed by atoms with Crippen molar-refractivity contribution in [2.24, 2.45) is 11.7 Å². The minimum Gasteiger partial charge on any atom is -0.341 e. The Labute approximate surface area is 128 Å².